The molecule has 5 heteroatoms. The Morgan fingerprint density at radius 1 is 1.10 bits per heavy atom. The molecule has 0 N–H and O–H groups in total. The van der Waals surface area contributed by atoms with Crippen LogP contribution in [0.25, 0.3) is 11.0 Å². The Morgan fingerprint density at radius 3 is 2.67 bits per heavy atom. The number of nitrogens with zero attached hydrogens (tertiary/aromatic N) is 2. The van der Waals surface area contributed by atoms with E-state index in [4.69, 9.17) is 0 Å². The Morgan fingerprint density at radius 2 is 1.86 bits per heavy atom. The molecule has 21 heavy (non-hydrogen) atoms. The monoisotopic (exact) mass is 344 g/mol. The number of hydrogen-bond donors (Lipinski definition) is 0. The van der Waals surface area contributed by atoms with Gasteiger partial charge in [0.1, 0.15) is 11.5 Å². The van der Waals surface area contributed by atoms with Crippen molar-refractivity contribution < 1.29 is 9.18 Å². The second-order valence-electron chi connectivity index (χ2n) is 4.56. The van der Waals surface area contributed by atoms with Crippen molar-refractivity contribution in [3.8, 4) is 0 Å². The van der Waals surface area contributed by atoms with E-state index in [1.54, 1.807) is 18.2 Å². The van der Waals surface area contributed by atoms with Crippen LogP contribution in [0.5, 0.6) is 0 Å². The summed E-state index contributed by atoms with van der Waals surface area (Å²) in [6.07, 6.45) is 1.53. The number of ketones is 1. The first kappa shape index (κ1) is 13.8. The first-order valence-corrected chi connectivity index (χ1v) is 7.12. The van der Waals surface area contributed by atoms with Crippen LogP contribution in [0, 0.1) is 5.82 Å². The average Bonchev–Trinajstić information content (AvgIpc) is 2.51. The molecule has 0 fully saturated rings. The van der Waals surface area contributed by atoms with Crippen molar-refractivity contribution in [1.29, 1.82) is 0 Å². The molecule has 3 rings (SSSR count). The predicted molar refractivity (Wildman–Crippen MR) is 81.7 cm³/mol. The molecular weight excluding hydrogens is 335 g/mol. The summed E-state index contributed by atoms with van der Waals surface area (Å²) in [5.41, 5.74) is 2.28. The van der Waals surface area contributed by atoms with Crippen LogP contribution in [0.15, 0.2) is 53.1 Å². The van der Waals surface area contributed by atoms with E-state index in [0.29, 0.717) is 15.6 Å². The van der Waals surface area contributed by atoms with Crippen LogP contribution in [0.2, 0.25) is 0 Å². The van der Waals surface area contributed by atoms with Crippen molar-refractivity contribution in [2.75, 3.05) is 0 Å². The molecule has 3 nitrogen and oxygen atoms in total. The third-order valence-corrected chi connectivity index (χ3v) is 4.00. The summed E-state index contributed by atoms with van der Waals surface area (Å²) in [5, 5.41) is 0. The fraction of sp³-hybridized carbons (Fsp3) is 0.0625. The lowest BCUT2D eigenvalue weighted by atomic mass is 10.1. The van der Waals surface area contributed by atoms with Crippen molar-refractivity contribution in [3.05, 3.63) is 70.2 Å². The zero-order valence-corrected chi connectivity index (χ0v) is 12.5. The summed E-state index contributed by atoms with van der Waals surface area (Å²) in [7, 11) is 0. The first-order chi connectivity index (χ1) is 10.1. The molecule has 0 radical (unpaired) electrons. The number of aromatic nitrogens is 2. The number of hydrogen-bond acceptors (Lipinski definition) is 3. The van der Waals surface area contributed by atoms with Crippen LogP contribution in [0.4, 0.5) is 4.39 Å². The Hall–Kier alpha value is -2.14. The van der Waals surface area contributed by atoms with Gasteiger partial charge in [-0.1, -0.05) is 24.3 Å². The van der Waals surface area contributed by atoms with Gasteiger partial charge in [-0.2, -0.15) is 0 Å². The minimum atomic E-state index is -0.384. The third kappa shape index (κ3) is 2.83. The van der Waals surface area contributed by atoms with E-state index in [1.165, 1.54) is 12.3 Å². The van der Waals surface area contributed by atoms with Crippen LogP contribution in [-0.4, -0.2) is 15.8 Å². The van der Waals surface area contributed by atoms with Crippen molar-refractivity contribution in [2.24, 2.45) is 0 Å². The second-order valence-corrected chi connectivity index (χ2v) is 5.35. The molecule has 3 aromatic rings. The van der Waals surface area contributed by atoms with Crippen LogP contribution in [0.3, 0.4) is 0 Å². The molecule has 0 saturated heterocycles. The number of rotatable bonds is 3. The number of benzene rings is 2. The van der Waals surface area contributed by atoms with Crippen molar-refractivity contribution in [2.45, 2.75) is 6.42 Å². The summed E-state index contributed by atoms with van der Waals surface area (Å²) in [4.78, 5) is 20.8. The Kier molecular flexibility index (Phi) is 3.75. The summed E-state index contributed by atoms with van der Waals surface area (Å²) in [5.74, 6) is -0.579. The van der Waals surface area contributed by atoms with Crippen LogP contribution in [-0.2, 0) is 6.42 Å². The highest BCUT2D eigenvalue weighted by molar-refractivity contribution is 9.10. The van der Waals surface area contributed by atoms with E-state index < -0.39 is 0 Å². The normalized spacial score (nSPS) is 10.8. The van der Waals surface area contributed by atoms with Gasteiger partial charge >= 0.3 is 0 Å². The van der Waals surface area contributed by atoms with Gasteiger partial charge in [0.15, 0.2) is 5.78 Å². The molecule has 1 aromatic heterocycles. The summed E-state index contributed by atoms with van der Waals surface area (Å²) in [6, 6.07) is 12.0. The largest absolute Gasteiger partial charge is 0.292 e. The Bertz CT molecular complexity index is 835. The number of carbonyl (C=O) groups is 1. The molecule has 1 heterocycles. The van der Waals surface area contributed by atoms with Crippen molar-refractivity contribution >= 4 is 32.7 Å². The van der Waals surface area contributed by atoms with Gasteiger partial charge in [-0.25, -0.2) is 9.37 Å². The molecule has 0 aliphatic heterocycles. The highest BCUT2D eigenvalue weighted by Crippen LogP contribution is 2.22. The summed E-state index contributed by atoms with van der Waals surface area (Å²) in [6.45, 7) is 0. The highest BCUT2D eigenvalue weighted by atomic mass is 79.9. The zero-order chi connectivity index (χ0) is 14.8. The van der Waals surface area contributed by atoms with Crippen LogP contribution in [0.1, 0.15) is 16.1 Å². The average molecular weight is 345 g/mol. The van der Waals surface area contributed by atoms with Crippen LogP contribution < -0.4 is 0 Å². The maximum absolute atomic E-state index is 13.5. The molecule has 0 atom stereocenters. The highest BCUT2D eigenvalue weighted by Gasteiger charge is 2.13. The lowest BCUT2D eigenvalue weighted by molar-refractivity contribution is 0.0988. The maximum Gasteiger partial charge on any atom is 0.187 e. The number of Topliss-reactive ketones (excluding diaryl/α,β-unsaturated/α-hetero) is 1. The molecule has 0 aliphatic carbocycles. The van der Waals surface area contributed by atoms with Gasteiger partial charge < -0.3 is 0 Å². The fourth-order valence-corrected chi connectivity index (χ4v) is 2.44. The van der Waals surface area contributed by atoms with Gasteiger partial charge in [-0.3, -0.25) is 9.78 Å². The molecule has 0 saturated carbocycles. The molecule has 0 aliphatic rings. The van der Waals surface area contributed by atoms with Gasteiger partial charge in [0, 0.05) is 6.42 Å². The fourth-order valence-electron chi connectivity index (χ4n) is 2.04. The molecule has 0 unspecified atom stereocenters. The van der Waals surface area contributed by atoms with Crippen LogP contribution >= 0.6 is 15.9 Å². The summed E-state index contributed by atoms with van der Waals surface area (Å²) < 4.78 is 13.8. The van der Waals surface area contributed by atoms with Gasteiger partial charge in [0.25, 0.3) is 0 Å². The second kappa shape index (κ2) is 5.69. The van der Waals surface area contributed by atoms with E-state index in [-0.39, 0.29) is 23.7 Å². The minimum absolute atomic E-state index is 0.0748. The van der Waals surface area contributed by atoms with E-state index in [2.05, 4.69) is 25.9 Å². The summed E-state index contributed by atoms with van der Waals surface area (Å²) >= 11 is 3.16. The SMILES string of the molecule is O=C(Cc1cccc(F)c1Br)c1cnc2ccccc2n1. The molecule has 2 aromatic carbocycles. The third-order valence-electron chi connectivity index (χ3n) is 3.12. The smallest absolute Gasteiger partial charge is 0.187 e. The maximum atomic E-state index is 13.5. The lowest BCUT2D eigenvalue weighted by Gasteiger charge is -2.05. The first-order valence-electron chi connectivity index (χ1n) is 6.33. The predicted octanol–water partition coefficient (Wildman–Crippen LogP) is 3.96. The Balaban J connectivity index is 1.91. The quantitative estimate of drug-likeness (QED) is 0.675. The molecular formula is C16H10BrFN2O. The van der Waals surface area contributed by atoms with E-state index in [0.717, 1.165) is 5.52 Å². The number of para-hydroxylation sites is 2. The lowest BCUT2D eigenvalue weighted by Crippen LogP contribution is -2.07. The number of halogens is 2. The van der Waals surface area contributed by atoms with Crippen molar-refractivity contribution in [3.63, 3.8) is 0 Å². The van der Waals surface area contributed by atoms with E-state index >= 15 is 0 Å². The topological polar surface area (TPSA) is 42.9 Å². The van der Waals surface area contributed by atoms with E-state index in [1.807, 2.05) is 18.2 Å². The zero-order valence-electron chi connectivity index (χ0n) is 10.9. The van der Waals surface area contributed by atoms with Gasteiger partial charge in [0.05, 0.1) is 21.7 Å². The van der Waals surface area contributed by atoms with Crippen molar-refractivity contribution in [1.82, 2.24) is 9.97 Å². The molecule has 104 valence electrons. The van der Waals surface area contributed by atoms with Gasteiger partial charge in [-0.05, 0) is 39.7 Å². The van der Waals surface area contributed by atoms with Gasteiger partial charge in [0.2, 0.25) is 0 Å². The molecule has 0 spiro atoms. The molecule has 0 amide bonds. The minimum Gasteiger partial charge on any atom is -0.292 e. The van der Waals surface area contributed by atoms with E-state index in [9.17, 15) is 9.18 Å². The van der Waals surface area contributed by atoms with Gasteiger partial charge in [-0.15, -0.1) is 0 Å². The standard InChI is InChI=1S/C16H10BrFN2O/c17-16-10(4-3-5-11(16)18)8-15(21)14-9-19-12-6-1-2-7-13(12)20-14/h1-7,9H,8H2. The number of carbonyl (C=O) groups excluding carboxylic acids is 1. The molecule has 0 bridgehead atoms. The Labute approximate surface area is 129 Å². The number of fused-ring (bicyclic) bond motifs is 1.